The predicted molar refractivity (Wildman–Crippen MR) is 111 cm³/mol. The van der Waals surface area contributed by atoms with E-state index < -0.39 is 44.2 Å². The summed E-state index contributed by atoms with van der Waals surface area (Å²) in [5.41, 5.74) is 5.05. The second-order valence-corrected chi connectivity index (χ2v) is 9.13. The molecule has 2 heterocycles. The molecule has 1 aromatic carbocycles. The van der Waals surface area contributed by atoms with E-state index in [0.29, 0.717) is 37.4 Å². The molecule has 0 atom stereocenters. The highest BCUT2D eigenvalue weighted by atomic mass is 32.2. The second kappa shape index (κ2) is 8.61. The fourth-order valence-electron chi connectivity index (χ4n) is 3.46. The Hall–Kier alpha value is -3.41. The lowest BCUT2D eigenvalue weighted by molar-refractivity contribution is 0.401. The highest BCUT2D eigenvalue weighted by molar-refractivity contribution is 7.93. The Bertz CT molecular complexity index is 1270. The van der Waals surface area contributed by atoms with E-state index in [2.05, 4.69) is 15.0 Å². The number of rotatable bonds is 6. The minimum atomic E-state index is -4.07. The van der Waals surface area contributed by atoms with Crippen molar-refractivity contribution in [3.8, 4) is 22.9 Å². The van der Waals surface area contributed by atoms with Crippen molar-refractivity contribution < 1.29 is 26.3 Å². The standard InChI is InChI=1S/C20H18F3N5O3S/c21-13-10-15(16(22)17(23)18(13)28-32(29,30)11-4-1-2-5-11)31-19-12(6-3-8-25-19)14-7-9-26-20(24)27-14/h3,6-11,28H,1-2,4-5H2,(H2,24,26,27). The molecular formula is C20H18F3N5O3S. The molecule has 3 N–H and O–H groups in total. The van der Waals surface area contributed by atoms with Crippen molar-refractivity contribution in [3.63, 3.8) is 0 Å². The average Bonchev–Trinajstić information content (AvgIpc) is 3.31. The lowest BCUT2D eigenvalue weighted by atomic mass is 10.2. The molecule has 0 aliphatic heterocycles. The normalized spacial score (nSPS) is 14.5. The van der Waals surface area contributed by atoms with E-state index in [4.69, 9.17) is 10.5 Å². The van der Waals surface area contributed by atoms with Crippen LogP contribution in [0.3, 0.4) is 0 Å². The van der Waals surface area contributed by atoms with Gasteiger partial charge in [-0.15, -0.1) is 0 Å². The van der Waals surface area contributed by atoms with Gasteiger partial charge in [0.05, 0.1) is 16.5 Å². The number of pyridine rings is 1. The molecule has 0 unspecified atom stereocenters. The van der Waals surface area contributed by atoms with Crippen molar-refractivity contribution in [2.45, 2.75) is 30.9 Å². The van der Waals surface area contributed by atoms with Crippen LogP contribution in [-0.4, -0.2) is 28.6 Å². The van der Waals surface area contributed by atoms with Crippen LogP contribution in [0.4, 0.5) is 24.8 Å². The second-order valence-electron chi connectivity index (χ2n) is 7.17. The van der Waals surface area contributed by atoms with Crippen LogP contribution in [-0.2, 0) is 10.0 Å². The predicted octanol–water partition coefficient (Wildman–Crippen LogP) is 4.01. The van der Waals surface area contributed by atoms with Crippen LogP contribution < -0.4 is 15.2 Å². The fraction of sp³-hybridized carbons (Fsp3) is 0.250. The number of halogens is 3. The summed E-state index contributed by atoms with van der Waals surface area (Å²) in [5, 5.41) is -0.781. The summed E-state index contributed by atoms with van der Waals surface area (Å²) in [6.07, 6.45) is 4.86. The SMILES string of the molecule is Nc1nccc(-c2cccnc2Oc2cc(F)c(NS(=O)(=O)C3CCCC3)c(F)c2F)n1. The molecule has 32 heavy (non-hydrogen) atoms. The Balaban J connectivity index is 1.67. The molecule has 0 amide bonds. The molecule has 12 heteroatoms. The minimum absolute atomic E-state index is 0.0283. The summed E-state index contributed by atoms with van der Waals surface area (Å²) >= 11 is 0. The molecule has 1 aliphatic rings. The third-order valence-corrected chi connectivity index (χ3v) is 6.88. The first-order valence-corrected chi connectivity index (χ1v) is 11.2. The monoisotopic (exact) mass is 465 g/mol. The molecule has 3 aromatic rings. The van der Waals surface area contributed by atoms with E-state index in [0.717, 1.165) is 0 Å². The maximum absolute atomic E-state index is 14.7. The molecule has 1 fully saturated rings. The van der Waals surface area contributed by atoms with Crippen LogP contribution in [0.15, 0.2) is 36.7 Å². The average molecular weight is 465 g/mol. The van der Waals surface area contributed by atoms with Gasteiger partial charge in [0.2, 0.25) is 27.7 Å². The van der Waals surface area contributed by atoms with E-state index in [1.54, 1.807) is 12.1 Å². The molecule has 0 spiro atoms. The lowest BCUT2D eigenvalue weighted by Crippen LogP contribution is -2.26. The van der Waals surface area contributed by atoms with Crippen LogP contribution in [0.25, 0.3) is 11.3 Å². The molecule has 2 aromatic heterocycles. The molecule has 0 radical (unpaired) electrons. The smallest absolute Gasteiger partial charge is 0.235 e. The van der Waals surface area contributed by atoms with Gasteiger partial charge in [-0.3, -0.25) is 4.72 Å². The largest absolute Gasteiger partial charge is 0.435 e. The van der Waals surface area contributed by atoms with Crippen LogP contribution in [0.1, 0.15) is 25.7 Å². The van der Waals surface area contributed by atoms with Crippen molar-refractivity contribution in [1.82, 2.24) is 15.0 Å². The van der Waals surface area contributed by atoms with E-state index in [9.17, 15) is 21.6 Å². The number of ether oxygens (including phenoxy) is 1. The zero-order chi connectivity index (χ0) is 22.9. The van der Waals surface area contributed by atoms with Gasteiger partial charge in [-0.05, 0) is 31.0 Å². The highest BCUT2D eigenvalue weighted by Crippen LogP contribution is 2.36. The molecule has 1 saturated carbocycles. The van der Waals surface area contributed by atoms with Crippen LogP contribution in [0.5, 0.6) is 11.6 Å². The lowest BCUT2D eigenvalue weighted by Gasteiger charge is -2.16. The minimum Gasteiger partial charge on any atom is -0.435 e. The molecule has 0 saturated heterocycles. The summed E-state index contributed by atoms with van der Waals surface area (Å²) in [5.74, 6) is -5.66. The molecular weight excluding hydrogens is 447 g/mol. The van der Waals surface area contributed by atoms with Gasteiger partial charge in [0.1, 0.15) is 5.69 Å². The molecule has 1 aliphatic carbocycles. The van der Waals surface area contributed by atoms with Gasteiger partial charge < -0.3 is 10.5 Å². The number of sulfonamides is 1. The van der Waals surface area contributed by atoms with Crippen LogP contribution >= 0.6 is 0 Å². The summed E-state index contributed by atoms with van der Waals surface area (Å²) < 4.78 is 75.9. The van der Waals surface area contributed by atoms with Gasteiger partial charge in [0.25, 0.3) is 0 Å². The van der Waals surface area contributed by atoms with Crippen molar-refractivity contribution in [2.75, 3.05) is 10.5 Å². The quantitative estimate of drug-likeness (QED) is 0.528. The van der Waals surface area contributed by atoms with Crippen molar-refractivity contribution in [3.05, 3.63) is 54.1 Å². The zero-order valence-corrected chi connectivity index (χ0v) is 17.4. The number of hydrogen-bond acceptors (Lipinski definition) is 7. The molecule has 168 valence electrons. The number of nitrogens with zero attached hydrogens (tertiary/aromatic N) is 3. The fourth-order valence-corrected chi connectivity index (χ4v) is 5.05. The molecule has 0 bridgehead atoms. The first-order valence-electron chi connectivity index (χ1n) is 9.67. The Labute approximate surface area is 181 Å². The van der Waals surface area contributed by atoms with Crippen molar-refractivity contribution in [1.29, 1.82) is 0 Å². The highest BCUT2D eigenvalue weighted by Gasteiger charge is 2.32. The van der Waals surface area contributed by atoms with Crippen LogP contribution in [0, 0.1) is 17.5 Å². The van der Waals surface area contributed by atoms with Gasteiger partial charge in [-0.1, -0.05) is 12.8 Å². The summed E-state index contributed by atoms with van der Waals surface area (Å²) in [6.45, 7) is 0. The van der Waals surface area contributed by atoms with Gasteiger partial charge in [-0.25, -0.2) is 32.2 Å². The zero-order valence-electron chi connectivity index (χ0n) is 16.6. The van der Waals surface area contributed by atoms with E-state index in [1.165, 1.54) is 18.5 Å². The van der Waals surface area contributed by atoms with Gasteiger partial charge in [0.15, 0.2) is 17.4 Å². The van der Waals surface area contributed by atoms with Crippen molar-refractivity contribution in [2.24, 2.45) is 0 Å². The maximum atomic E-state index is 14.7. The number of nitrogens with one attached hydrogen (secondary N) is 1. The van der Waals surface area contributed by atoms with Crippen molar-refractivity contribution >= 4 is 21.7 Å². The third kappa shape index (κ3) is 4.31. The van der Waals surface area contributed by atoms with Gasteiger partial charge >= 0.3 is 0 Å². The molecule has 8 nitrogen and oxygen atoms in total. The summed E-state index contributed by atoms with van der Waals surface area (Å²) in [6, 6.07) is 5.15. The Morgan fingerprint density at radius 2 is 1.81 bits per heavy atom. The number of nitrogens with two attached hydrogens (primary N) is 1. The number of hydrogen-bond donors (Lipinski definition) is 2. The Morgan fingerprint density at radius 1 is 1.06 bits per heavy atom. The summed E-state index contributed by atoms with van der Waals surface area (Å²) in [7, 11) is -4.07. The first kappa shape index (κ1) is 21.8. The molecule has 4 rings (SSSR count). The number of anilines is 2. The number of benzene rings is 1. The number of aromatic nitrogens is 3. The van der Waals surface area contributed by atoms with E-state index in [1.807, 2.05) is 4.72 Å². The van der Waals surface area contributed by atoms with E-state index in [-0.39, 0.29) is 17.4 Å². The van der Waals surface area contributed by atoms with Gasteiger partial charge in [-0.2, -0.15) is 4.39 Å². The Morgan fingerprint density at radius 3 is 2.53 bits per heavy atom. The third-order valence-electron chi connectivity index (χ3n) is 5.04. The van der Waals surface area contributed by atoms with E-state index >= 15 is 0 Å². The Kier molecular flexibility index (Phi) is 5.87. The maximum Gasteiger partial charge on any atom is 0.235 e. The number of nitrogen functional groups attached to an aromatic ring is 1. The van der Waals surface area contributed by atoms with Gasteiger partial charge in [0, 0.05) is 18.5 Å². The first-order chi connectivity index (χ1) is 15.3. The topological polar surface area (TPSA) is 120 Å². The summed E-state index contributed by atoms with van der Waals surface area (Å²) in [4.78, 5) is 11.8. The van der Waals surface area contributed by atoms with Crippen LogP contribution in [0.2, 0.25) is 0 Å².